The third-order valence-electron chi connectivity index (χ3n) is 3.54. The normalized spacial score (nSPS) is 11.4. The van der Waals surface area contributed by atoms with Gasteiger partial charge in [-0.1, -0.05) is 0 Å². The van der Waals surface area contributed by atoms with Crippen molar-refractivity contribution >= 4 is 27.5 Å². The number of rotatable bonds is 7. The zero-order valence-corrected chi connectivity index (χ0v) is 14.8. The standard InChI is InChI=1S/C15H22N4O4S/c1-9-11-13(22)16-10(8-18(2)3)17-14(11)24-12(9)15(23)19(4-6-20)5-7-21/h20-21H,4-8H2,1-3H3,(H,16,17,22). The van der Waals surface area contributed by atoms with E-state index in [1.54, 1.807) is 6.92 Å². The van der Waals surface area contributed by atoms with Gasteiger partial charge < -0.3 is 25.0 Å². The fourth-order valence-corrected chi connectivity index (χ4v) is 3.64. The first-order valence-corrected chi connectivity index (χ1v) is 8.38. The highest BCUT2D eigenvalue weighted by atomic mass is 32.1. The minimum absolute atomic E-state index is 0.128. The molecule has 0 aromatic carbocycles. The molecule has 2 aromatic heterocycles. The van der Waals surface area contributed by atoms with E-state index in [1.165, 1.54) is 4.90 Å². The molecule has 0 saturated heterocycles. The third-order valence-corrected chi connectivity index (χ3v) is 4.71. The molecule has 0 saturated carbocycles. The smallest absolute Gasteiger partial charge is 0.264 e. The number of hydrogen-bond donors (Lipinski definition) is 3. The Bertz CT molecular complexity index is 778. The molecule has 0 fully saturated rings. The summed E-state index contributed by atoms with van der Waals surface area (Å²) in [5.41, 5.74) is 0.312. The summed E-state index contributed by atoms with van der Waals surface area (Å²) < 4.78 is 0. The summed E-state index contributed by atoms with van der Waals surface area (Å²) in [6, 6.07) is 0. The van der Waals surface area contributed by atoms with E-state index in [1.807, 2.05) is 19.0 Å². The number of aromatic nitrogens is 2. The van der Waals surface area contributed by atoms with Crippen molar-refractivity contribution in [2.75, 3.05) is 40.4 Å². The number of aliphatic hydroxyl groups is 2. The van der Waals surface area contributed by atoms with Crippen LogP contribution in [0.4, 0.5) is 0 Å². The molecule has 3 N–H and O–H groups in total. The number of carbonyl (C=O) groups excluding carboxylic acids is 1. The number of aliphatic hydroxyl groups excluding tert-OH is 2. The van der Waals surface area contributed by atoms with Crippen molar-refractivity contribution in [2.24, 2.45) is 0 Å². The van der Waals surface area contributed by atoms with Crippen molar-refractivity contribution in [1.29, 1.82) is 0 Å². The van der Waals surface area contributed by atoms with Crippen LogP contribution < -0.4 is 5.56 Å². The zero-order valence-electron chi connectivity index (χ0n) is 14.0. The number of H-pyrrole nitrogens is 1. The largest absolute Gasteiger partial charge is 0.395 e. The molecule has 24 heavy (non-hydrogen) atoms. The van der Waals surface area contributed by atoms with Gasteiger partial charge in [0.15, 0.2) is 0 Å². The molecule has 8 nitrogen and oxygen atoms in total. The minimum Gasteiger partial charge on any atom is -0.395 e. The second-order valence-corrected chi connectivity index (χ2v) is 6.73. The van der Waals surface area contributed by atoms with E-state index < -0.39 is 0 Å². The van der Waals surface area contributed by atoms with Crippen LogP contribution in [0.25, 0.3) is 10.2 Å². The molecule has 0 bridgehead atoms. The molecule has 0 radical (unpaired) electrons. The van der Waals surface area contributed by atoms with E-state index in [4.69, 9.17) is 10.2 Å². The predicted octanol–water partition coefficient (Wildman–Crippen LogP) is -0.219. The summed E-state index contributed by atoms with van der Waals surface area (Å²) in [7, 11) is 3.75. The van der Waals surface area contributed by atoms with Gasteiger partial charge in [-0.2, -0.15) is 0 Å². The molecule has 0 aliphatic rings. The Balaban J connectivity index is 2.48. The first kappa shape index (κ1) is 18.5. The van der Waals surface area contributed by atoms with E-state index in [9.17, 15) is 9.59 Å². The summed E-state index contributed by atoms with van der Waals surface area (Å²) >= 11 is 1.16. The van der Waals surface area contributed by atoms with Gasteiger partial charge in [-0.15, -0.1) is 11.3 Å². The topological polar surface area (TPSA) is 110 Å². The minimum atomic E-state index is -0.313. The van der Waals surface area contributed by atoms with Crippen LogP contribution >= 0.6 is 11.3 Å². The Labute approximate surface area is 143 Å². The van der Waals surface area contributed by atoms with Crippen LogP contribution in [-0.2, 0) is 6.54 Å². The van der Waals surface area contributed by atoms with Gasteiger partial charge >= 0.3 is 0 Å². The SMILES string of the molecule is Cc1c(C(=O)N(CCO)CCO)sc2nc(CN(C)C)[nH]c(=O)c12. The summed E-state index contributed by atoms with van der Waals surface area (Å²) in [6.45, 7) is 2.08. The number of fused-ring (bicyclic) bond motifs is 1. The van der Waals surface area contributed by atoms with E-state index in [2.05, 4.69) is 9.97 Å². The fraction of sp³-hybridized carbons (Fsp3) is 0.533. The van der Waals surface area contributed by atoms with Crippen molar-refractivity contribution in [2.45, 2.75) is 13.5 Å². The molecule has 2 aromatic rings. The first-order valence-electron chi connectivity index (χ1n) is 7.57. The summed E-state index contributed by atoms with van der Waals surface area (Å²) in [6.07, 6.45) is 0. The Hall–Kier alpha value is -1.81. The molecule has 132 valence electrons. The maximum absolute atomic E-state index is 12.7. The van der Waals surface area contributed by atoms with Gasteiger partial charge in [-0.25, -0.2) is 4.98 Å². The quantitative estimate of drug-likeness (QED) is 0.634. The number of amides is 1. The van der Waals surface area contributed by atoms with E-state index in [0.717, 1.165) is 11.3 Å². The van der Waals surface area contributed by atoms with Crippen molar-refractivity contribution in [3.8, 4) is 0 Å². The van der Waals surface area contributed by atoms with E-state index in [-0.39, 0.29) is 37.8 Å². The van der Waals surface area contributed by atoms with Gasteiger partial charge in [0.2, 0.25) is 0 Å². The van der Waals surface area contributed by atoms with Gasteiger partial charge in [0.1, 0.15) is 10.7 Å². The second kappa shape index (κ2) is 7.84. The Morgan fingerprint density at radius 3 is 2.42 bits per heavy atom. The lowest BCUT2D eigenvalue weighted by atomic mass is 10.2. The monoisotopic (exact) mass is 354 g/mol. The Morgan fingerprint density at radius 2 is 1.88 bits per heavy atom. The van der Waals surface area contributed by atoms with Gasteiger partial charge in [-0.3, -0.25) is 9.59 Å². The second-order valence-electron chi connectivity index (χ2n) is 5.73. The van der Waals surface area contributed by atoms with Crippen LogP contribution in [0.3, 0.4) is 0 Å². The molecule has 0 aliphatic heterocycles. The Kier molecular flexibility index (Phi) is 6.05. The van der Waals surface area contributed by atoms with Crippen LogP contribution in [0.1, 0.15) is 21.1 Å². The summed E-state index contributed by atoms with van der Waals surface area (Å²) in [4.78, 5) is 36.4. The highest BCUT2D eigenvalue weighted by Gasteiger charge is 2.23. The molecule has 0 spiro atoms. The van der Waals surface area contributed by atoms with Gasteiger partial charge in [0.25, 0.3) is 11.5 Å². The molecule has 2 heterocycles. The van der Waals surface area contributed by atoms with Gasteiger partial charge in [0.05, 0.1) is 30.0 Å². The molecule has 1 amide bonds. The average Bonchev–Trinajstić information content (AvgIpc) is 2.83. The molecule has 0 unspecified atom stereocenters. The zero-order chi connectivity index (χ0) is 17.9. The number of thiophene rings is 1. The maximum atomic E-state index is 12.7. The molecule has 0 atom stereocenters. The highest BCUT2D eigenvalue weighted by molar-refractivity contribution is 7.20. The fourth-order valence-electron chi connectivity index (χ4n) is 2.47. The number of aromatic amines is 1. The van der Waals surface area contributed by atoms with E-state index >= 15 is 0 Å². The van der Waals surface area contributed by atoms with Crippen molar-refractivity contribution in [1.82, 2.24) is 19.8 Å². The van der Waals surface area contributed by atoms with Crippen LogP contribution in [-0.4, -0.2) is 76.3 Å². The number of hydrogen-bond acceptors (Lipinski definition) is 7. The molecular weight excluding hydrogens is 332 g/mol. The number of nitrogens with one attached hydrogen (secondary N) is 1. The third kappa shape index (κ3) is 3.81. The first-order chi connectivity index (χ1) is 11.4. The van der Waals surface area contributed by atoms with Crippen LogP contribution in [0.15, 0.2) is 4.79 Å². The summed E-state index contributed by atoms with van der Waals surface area (Å²) in [5.74, 6) is 0.229. The van der Waals surface area contributed by atoms with Crippen LogP contribution in [0, 0.1) is 6.92 Å². The van der Waals surface area contributed by atoms with Crippen molar-refractivity contribution < 1.29 is 15.0 Å². The highest BCUT2D eigenvalue weighted by Crippen LogP contribution is 2.28. The van der Waals surface area contributed by atoms with E-state index in [0.29, 0.717) is 33.0 Å². The average molecular weight is 354 g/mol. The molecular formula is C15H22N4O4S. The summed E-state index contributed by atoms with van der Waals surface area (Å²) in [5, 5.41) is 18.6. The lowest BCUT2D eigenvalue weighted by Crippen LogP contribution is -2.35. The lowest BCUT2D eigenvalue weighted by molar-refractivity contribution is 0.0689. The van der Waals surface area contributed by atoms with Crippen LogP contribution in [0.2, 0.25) is 0 Å². The number of nitrogens with zero attached hydrogens (tertiary/aromatic N) is 3. The molecule has 0 aliphatic carbocycles. The maximum Gasteiger partial charge on any atom is 0.264 e. The Morgan fingerprint density at radius 1 is 1.25 bits per heavy atom. The van der Waals surface area contributed by atoms with Gasteiger partial charge in [0, 0.05) is 13.1 Å². The van der Waals surface area contributed by atoms with Crippen LogP contribution in [0.5, 0.6) is 0 Å². The number of aryl methyl sites for hydroxylation is 1. The van der Waals surface area contributed by atoms with Gasteiger partial charge in [-0.05, 0) is 26.6 Å². The molecule has 2 rings (SSSR count). The number of carbonyl (C=O) groups is 1. The van der Waals surface area contributed by atoms with Crippen molar-refractivity contribution in [3.63, 3.8) is 0 Å². The lowest BCUT2D eigenvalue weighted by Gasteiger charge is -2.20. The van der Waals surface area contributed by atoms with Crippen molar-refractivity contribution in [3.05, 3.63) is 26.6 Å². The molecule has 9 heteroatoms. The predicted molar refractivity (Wildman–Crippen MR) is 92.4 cm³/mol.